The number of methoxy groups -OCH3 is 1. The van der Waals surface area contributed by atoms with Gasteiger partial charge in [-0.3, -0.25) is 9.89 Å². The van der Waals surface area contributed by atoms with E-state index in [1.165, 1.54) is 4.68 Å². The van der Waals surface area contributed by atoms with E-state index < -0.39 is 0 Å². The van der Waals surface area contributed by atoms with E-state index in [1.807, 2.05) is 13.0 Å². The average molecular weight is 328 g/mol. The highest BCUT2D eigenvalue weighted by Gasteiger charge is 2.09. The highest BCUT2D eigenvalue weighted by atomic mass is 16.5. The van der Waals surface area contributed by atoms with E-state index in [-0.39, 0.29) is 11.5 Å². The lowest BCUT2D eigenvalue weighted by Gasteiger charge is -2.09. The summed E-state index contributed by atoms with van der Waals surface area (Å²) in [5.74, 6) is 1.35. The molecular formula is C15H16N6O3. The molecule has 0 aliphatic rings. The molecule has 0 spiro atoms. The monoisotopic (exact) mass is 328 g/mol. The molecule has 2 N–H and O–H groups in total. The average Bonchev–Trinajstić information content (AvgIpc) is 3.19. The number of hydrogen-bond acceptors (Lipinski definition) is 6. The molecule has 0 saturated heterocycles. The van der Waals surface area contributed by atoms with Gasteiger partial charge in [-0.15, -0.1) is 5.10 Å². The van der Waals surface area contributed by atoms with Crippen molar-refractivity contribution in [3.63, 3.8) is 0 Å². The lowest BCUT2D eigenvalue weighted by Crippen LogP contribution is -2.34. The van der Waals surface area contributed by atoms with Crippen molar-refractivity contribution in [2.45, 2.75) is 6.92 Å². The van der Waals surface area contributed by atoms with E-state index in [0.717, 1.165) is 5.56 Å². The fraction of sp³-hybridized carbons (Fsp3) is 0.200. The van der Waals surface area contributed by atoms with Crippen molar-refractivity contribution in [1.29, 1.82) is 0 Å². The van der Waals surface area contributed by atoms with Gasteiger partial charge in [-0.1, -0.05) is 17.7 Å². The number of benzene rings is 1. The van der Waals surface area contributed by atoms with Crippen LogP contribution in [0, 0.1) is 0 Å². The van der Waals surface area contributed by atoms with Gasteiger partial charge >= 0.3 is 0 Å². The summed E-state index contributed by atoms with van der Waals surface area (Å²) in [6.45, 7) is 6.25. The molecule has 24 heavy (non-hydrogen) atoms. The summed E-state index contributed by atoms with van der Waals surface area (Å²) >= 11 is 0. The molecule has 0 radical (unpaired) electrons. The minimum atomic E-state index is -0.324. The van der Waals surface area contributed by atoms with Crippen LogP contribution >= 0.6 is 0 Å². The second-order valence-corrected chi connectivity index (χ2v) is 4.84. The predicted octanol–water partition coefficient (Wildman–Crippen LogP) is -0.675. The Hall–Kier alpha value is -3.36. The van der Waals surface area contributed by atoms with Crippen LogP contribution in [0.5, 0.6) is 11.5 Å². The first-order valence-electron chi connectivity index (χ1n) is 7.20. The number of aromatic nitrogens is 6. The van der Waals surface area contributed by atoms with Gasteiger partial charge in [0, 0.05) is 0 Å². The van der Waals surface area contributed by atoms with Crippen LogP contribution in [0.2, 0.25) is 0 Å². The van der Waals surface area contributed by atoms with Gasteiger partial charge in [-0.05, 0) is 35.9 Å². The van der Waals surface area contributed by atoms with Gasteiger partial charge in [-0.2, -0.15) is 9.90 Å². The van der Waals surface area contributed by atoms with Crippen LogP contribution in [-0.4, -0.2) is 44.1 Å². The van der Waals surface area contributed by atoms with Crippen LogP contribution in [0.3, 0.4) is 0 Å². The summed E-state index contributed by atoms with van der Waals surface area (Å²) in [5, 5.41) is 16.9. The van der Waals surface area contributed by atoms with Crippen LogP contribution in [0.25, 0.3) is 18.6 Å². The molecule has 0 amide bonds. The zero-order valence-electron chi connectivity index (χ0n) is 13.2. The predicted molar refractivity (Wildman–Crippen MR) is 86.6 cm³/mol. The van der Waals surface area contributed by atoms with E-state index in [4.69, 9.17) is 9.47 Å². The third-order valence-electron chi connectivity index (χ3n) is 3.34. The summed E-state index contributed by atoms with van der Waals surface area (Å²) < 4.78 is 12.0. The van der Waals surface area contributed by atoms with Gasteiger partial charge in [0.25, 0.3) is 11.5 Å². The Kier molecular flexibility index (Phi) is 4.15. The normalized spacial score (nSPS) is 11.7. The van der Waals surface area contributed by atoms with Crippen molar-refractivity contribution < 1.29 is 9.47 Å². The van der Waals surface area contributed by atoms with Crippen LogP contribution < -0.4 is 25.6 Å². The Morgan fingerprint density at radius 2 is 2.21 bits per heavy atom. The molecule has 0 bridgehead atoms. The minimum absolute atomic E-state index is 0.120. The fourth-order valence-electron chi connectivity index (χ4n) is 2.25. The number of nitrogens with zero attached hydrogens (tertiary/aromatic N) is 4. The second-order valence-electron chi connectivity index (χ2n) is 4.84. The molecule has 0 fully saturated rings. The molecule has 3 rings (SSSR count). The molecule has 2 aromatic heterocycles. The number of aromatic amines is 2. The van der Waals surface area contributed by atoms with Crippen LogP contribution in [0.15, 0.2) is 23.0 Å². The molecule has 0 atom stereocenters. The molecule has 9 nitrogen and oxygen atoms in total. The molecule has 3 aromatic rings. The van der Waals surface area contributed by atoms with Crippen molar-refractivity contribution in [2.24, 2.45) is 0 Å². The van der Waals surface area contributed by atoms with E-state index in [1.54, 1.807) is 25.3 Å². The van der Waals surface area contributed by atoms with Crippen molar-refractivity contribution in [3.05, 3.63) is 44.7 Å². The number of ether oxygens (including phenoxy) is 2. The van der Waals surface area contributed by atoms with Crippen LogP contribution in [0.1, 0.15) is 12.5 Å². The first-order valence-corrected chi connectivity index (χ1v) is 7.20. The van der Waals surface area contributed by atoms with Gasteiger partial charge in [0.15, 0.2) is 11.5 Å². The maximum absolute atomic E-state index is 12.5. The van der Waals surface area contributed by atoms with Crippen LogP contribution in [0.4, 0.5) is 0 Å². The van der Waals surface area contributed by atoms with Crippen LogP contribution in [-0.2, 0) is 0 Å². The molecule has 9 heteroatoms. The third kappa shape index (κ3) is 2.78. The van der Waals surface area contributed by atoms with Crippen molar-refractivity contribution in [3.8, 4) is 17.4 Å². The highest BCUT2D eigenvalue weighted by molar-refractivity contribution is 5.55. The van der Waals surface area contributed by atoms with Gasteiger partial charge in [0.2, 0.25) is 0 Å². The maximum Gasteiger partial charge on any atom is 0.291 e. The molecule has 1 aromatic carbocycles. The summed E-state index contributed by atoms with van der Waals surface area (Å²) in [5.41, 5.74) is 0.454. The standard InChI is InChI=1S/C15H16N6O3/c1-4-24-13-8-10(5-6-12(13)23-3)7-11-9(2)18-21(14(11)22)15-16-19-20-17-15/h5-8,18H,2,4H2,1,3H3,(H,16,17,19,20)/b11-7-. The zero-order chi connectivity index (χ0) is 17.1. The Bertz CT molecular complexity index is 1000. The summed E-state index contributed by atoms with van der Waals surface area (Å²) in [4.78, 5) is 12.5. The topological polar surface area (TPSA) is 111 Å². The minimum Gasteiger partial charge on any atom is -0.493 e. The molecule has 124 valence electrons. The maximum atomic E-state index is 12.5. The smallest absolute Gasteiger partial charge is 0.291 e. The van der Waals surface area contributed by atoms with Crippen molar-refractivity contribution >= 4 is 12.7 Å². The number of H-pyrrole nitrogens is 2. The first kappa shape index (κ1) is 15.5. The zero-order valence-corrected chi connectivity index (χ0v) is 13.2. The van der Waals surface area contributed by atoms with Crippen molar-refractivity contribution in [2.75, 3.05) is 13.7 Å². The Labute approximate surface area is 136 Å². The number of hydrogen-bond donors (Lipinski definition) is 2. The SMILES string of the molecule is C=c1[nH]n(-c2nn[nH]n2)c(=O)/c1=C\c1ccc(OC)c(OCC)c1. The Balaban J connectivity index is 2.11. The molecule has 0 aliphatic heterocycles. The Morgan fingerprint density at radius 3 is 2.88 bits per heavy atom. The molecule has 0 unspecified atom stereocenters. The van der Waals surface area contributed by atoms with Gasteiger partial charge in [-0.25, -0.2) is 0 Å². The second kappa shape index (κ2) is 6.41. The number of tetrazole rings is 1. The molecular weight excluding hydrogens is 312 g/mol. The largest absolute Gasteiger partial charge is 0.493 e. The van der Waals surface area contributed by atoms with E-state index in [2.05, 4.69) is 32.3 Å². The first-order chi connectivity index (χ1) is 11.6. The highest BCUT2D eigenvalue weighted by Crippen LogP contribution is 2.28. The quantitative estimate of drug-likeness (QED) is 0.642. The van der Waals surface area contributed by atoms with Gasteiger partial charge in [0.1, 0.15) is 0 Å². The van der Waals surface area contributed by atoms with Gasteiger partial charge < -0.3 is 9.47 Å². The van der Waals surface area contributed by atoms with Gasteiger partial charge in [0.05, 0.1) is 24.3 Å². The summed E-state index contributed by atoms with van der Waals surface area (Å²) in [6, 6.07) is 5.41. The molecule has 2 heterocycles. The number of rotatable bonds is 5. The fourth-order valence-corrected chi connectivity index (χ4v) is 2.25. The summed E-state index contributed by atoms with van der Waals surface area (Å²) in [6.07, 6.45) is 1.71. The summed E-state index contributed by atoms with van der Waals surface area (Å²) in [7, 11) is 1.57. The molecule has 0 saturated carbocycles. The third-order valence-corrected chi connectivity index (χ3v) is 3.34. The lowest BCUT2D eigenvalue weighted by atomic mass is 10.1. The lowest BCUT2D eigenvalue weighted by molar-refractivity contribution is 0.311. The van der Waals surface area contributed by atoms with E-state index in [0.29, 0.717) is 28.7 Å². The van der Waals surface area contributed by atoms with Crippen molar-refractivity contribution in [1.82, 2.24) is 30.4 Å². The molecule has 0 aliphatic carbocycles. The Morgan fingerprint density at radius 1 is 1.38 bits per heavy atom. The number of nitrogens with one attached hydrogen (secondary N) is 2. The van der Waals surface area contributed by atoms with E-state index in [9.17, 15) is 4.79 Å². The van der Waals surface area contributed by atoms with E-state index >= 15 is 0 Å².